The van der Waals surface area contributed by atoms with Crippen molar-refractivity contribution in [2.45, 2.75) is 30.5 Å². The number of amides is 1. The fraction of sp³-hybridized carbons (Fsp3) is 0.667. The summed E-state index contributed by atoms with van der Waals surface area (Å²) in [7, 11) is 1.35. The van der Waals surface area contributed by atoms with Gasteiger partial charge in [-0.2, -0.15) is 0 Å². The Morgan fingerprint density at radius 2 is 2.14 bits per heavy atom. The second-order valence-electron chi connectivity index (χ2n) is 4.12. The van der Waals surface area contributed by atoms with Gasteiger partial charge in [-0.15, -0.1) is 10.2 Å². The molecule has 1 rings (SSSR count). The van der Waals surface area contributed by atoms with E-state index in [9.17, 15) is 9.59 Å². The van der Waals surface area contributed by atoms with E-state index >= 15 is 0 Å². The quantitative estimate of drug-likeness (QED) is 0.381. The van der Waals surface area contributed by atoms with Crippen LogP contribution in [0.15, 0.2) is 4.34 Å². The third-order valence-corrected chi connectivity index (χ3v) is 4.38. The second-order valence-corrected chi connectivity index (χ2v) is 6.32. The second kappa shape index (κ2) is 10.4. The molecule has 0 spiro atoms. The van der Waals surface area contributed by atoms with Gasteiger partial charge in [0, 0.05) is 19.5 Å². The summed E-state index contributed by atoms with van der Waals surface area (Å²) >= 11 is 2.79. The summed E-state index contributed by atoms with van der Waals surface area (Å²) in [6.45, 7) is 3.40. The average molecular weight is 332 g/mol. The molecule has 0 bridgehead atoms. The summed E-state index contributed by atoms with van der Waals surface area (Å²) in [5.74, 6) is -0.0524. The molecule has 0 unspecified atom stereocenters. The number of hydrogen-bond donors (Lipinski definition) is 2. The highest BCUT2D eigenvalue weighted by Crippen LogP contribution is 2.25. The van der Waals surface area contributed by atoms with Crippen molar-refractivity contribution in [2.24, 2.45) is 0 Å². The Hall–Kier alpha value is -1.35. The zero-order chi connectivity index (χ0) is 15.5. The minimum absolute atomic E-state index is 0.0804. The fourth-order valence-corrected chi connectivity index (χ4v) is 2.92. The molecule has 0 atom stereocenters. The molecule has 1 amide bonds. The van der Waals surface area contributed by atoms with E-state index in [0.29, 0.717) is 25.1 Å². The van der Waals surface area contributed by atoms with Crippen LogP contribution in [0.5, 0.6) is 0 Å². The van der Waals surface area contributed by atoms with Crippen LogP contribution in [0.25, 0.3) is 0 Å². The van der Waals surface area contributed by atoms with Crippen LogP contribution in [0.3, 0.4) is 0 Å². The van der Waals surface area contributed by atoms with E-state index in [-0.39, 0.29) is 11.9 Å². The Balaban J connectivity index is 2.14. The number of rotatable bonds is 10. The van der Waals surface area contributed by atoms with Crippen molar-refractivity contribution in [1.82, 2.24) is 15.5 Å². The molecule has 1 aromatic heterocycles. The number of carbonyl (C=O) groups is 2. The van der Waals surface area contributed by atoms with Crippen LogP contribution >= 0.6 is 23.1 Å². The molecule has 21 heavy (non-hydrogen) atoms. The minimum Gasteiger partial charge on any atom is -0.469 e. The molecule has 2 N–H and O–H groups in total. The van der Waals surface area contributed by atoms with Crippen LogP contribution in [-0.4, -0.2) is 48.0 Å². The monoisotopic (exact) mass is 332 g/mol. The maximum Gasteiger partial charge on any atom is 0.305 e. The summed E-state index contributed by atoms with van der Waals surface area (Å²) in [6.07, 6.45) is 1.91. The maximum atomic E-state index is 11.6. The van der Waals surface area contributed by atoms with E-state index in [1.807, 2.05) is 0 Å². The van der Waals surface area contributed by atoms with E-state index in [1.165, 1.54) is 30.2 Å². The third-order valence-electron chi connectivity index (χ3n) is 2.37. The number of nitrogens with zero attached hydrogens (tertiary/aromatic N) is 2. The highest BCUT2D eigenvalue weighted by molar-refractivity contribution is 8.01. The number of ether oxygens (including phenoxy) is 1. The first kappa shape index (κ1) is 17.7. The zero-order valence-corrected chi connectivity index (χ0v) is 13.8. The normalized spacial score (nSPS) is 10.2. The molecular weight excluding hydrogens is 312 g/mol. The van der Waals surface area contributed by atoms with Crippen molar-refractivity contribution in [3.63, 3.8) is 0 Å². The first-order valence-corrected chi connectivity index (χ1v) is 8.49. The van der Waals surface area contributed by atoms with Gasteiger partial charge in [-0.3, -0.25) is 9.59 Å². The first-order valence-electron chi connectivity index (χ1n) is 6.69. The first-order chi connectivity index (χ1) is 10.2. The number of aromatic nitrogens is 2. The van der Waals surface area contributed by atoms with Gasteiger partial charge in [0.2, 0.25) is 11.0 Å². The van der Waals surface area contributed by atoms with Crippen LogP contribution in [0, 0.1) is 0 Å². The molecule has 0 aliphatic heterocycles. The molecule has 1 heterocycles. The van der Waals surface area contributed by atoms with Gasteiger partial charge in [0.1, 0.15) is 0 Å². The SMILES string of the molecule is CCCNc1nnc(SCC(=O)NCCCC(=O)OC)s1. The van der Waals surface area contributed by atoms with Crippen LogP contribution in [0.4, 0.5) is 5.13 Å². The van der Waals surface area contributed by atoms with Crippen molar-refractivity contribution < 1.29 is 14.3 Å². The lowest BCUT2D eigenvalue weighted by Gasteiger charge is -2.03. The largest absolute Gasteiger partial charge is 0.469 e. The lowest BCUT2D eigenvalue weighted by molar-refractivity contribution is -0.140. The van der Waals surface area contributed by atoms with E-state index in [0.717, 1.165) is 22.4 Å². The molecule has 0 saturated heterocycles. The molecule has 0 fully saturated rings. The van der Waals surface area contributed by atoms with Crippen molar-refractivity contribution in [2.75, 3.05) is 31.3 Å². The van der Waals surface area contributed by atoms with Crippen molar-refractivity contribution in [3.05, 3.63) is 0 Å². The number of anilines is 1. The van der Waals surface area contributed by atoms with Crippen LogP contribution in [-0.2, 0) is 14.3 Å². The summed E-state index contributed by atoms with van der Waals surface area (Å²) in [6, 6.07) is 0. The van der Waals surface area contributed by atoms with Crippen molar-refractivity contribution in [3.8, 4) is 0 Å². The summed E-state index contributed by atoms with van der Waals surface area (Å²) in [4.78, 5) is 22.5. The van der Waals surface area contributed by atoms with E-state index in [4.69, 9.17) is 0 Å². The molecular formula is C12H20N4O3S2. The standard InChI is InChI=1S/C12H20N4O3S2/c1-3-6-14-11-15-16-12(21-11)20-8-9(17)13-7-4-5-10(18)19-2/h3-8H2,1-2H3,(H,13,17)(H,14,15). The Kier molecular flexibility index (Phi) is 8.76. The maximum absolute atomic E-state index is 11.6. The minimum atomic E-state index is -0.264. The molecule has 118 valence electrons. The Morgan fingerprint density at radius 1 is 1.33 bits per heavy atom. The predicted octanol–water partition coefficient (Wildman–Crippen LogP) is 1.52. The Bertz CT molecular complexity index is 453. The smallest absolute Gasteiger partial charge is 0.305 e. The van der Waals surface area contributed by atoms with E-state index in [2.05, 4.69) is 32.5 Å². The Labute approximate surface area is 132 Å². The van der Waals surface area contributed by atoms with Gasteiger partial charge in [-0.1, -0.05) is 30.0 Å². The van der Waals surface area contributed by atoms with Gasteiger partial charge >= 0.3 is 5.97 Å². The Morgan fingerprint density at radius 3 is 2.86 bits per heavy atom. The topological polar surface area (TPSA) is 93.2 Å². The van der Waals surface area contributed by atoms with E-state index < -0.39 is 0 Å². The van der Waals surface area contributed by atoms with E-state index in [1.54, 1.807) is 0 Å². The van der Waals surface area contributed by atoms with Gasteiger partial charge in [0.25, 0.3) is 0 Å². The number of methoxy groups -OCH3 is 1. The summed E-state index contributed by atoms with van der Waals surface area (Å²) in [5, 5.41) is 14.7. The highest BCUT2D eigenvalue weighted by atomic mass is 32.2. The van der Waals surface area contributed by atoms with Gasteiger partial charge in [0.05, 0.1) is 12.9 Å². The molecule has 9 heteroatoms. The predicted molar refractivity (Wildman–Crippen MR) is 83.7 cm³/mol. The lowest BCUT2D eigenvalue weighted by atomic mass is 10.3. The molecule has 0 aliphatic rings. The number of hydrogen-bond acceptors (Lipinski definition) is 8. The van der Waals surface area contributed by atoms with Crippen LogP contribution in [0.1, 0.15) is 26.2 Å². The number of nitrogens with one attached hydrogen (secondary N) is 2. The molecule has 1 aromatic rings. The van der Waals surface area contributed by atoms with Gasteiger partial charge in [-0.05, 0) is 12.8 Å². The van der Waals surface area contributed by atoms with Crippen molar-refractivity contribution in [1.29, 1.82) is 0 Å². The summed E-state index contributed by atoms with van der Waals surface area (Å²) < 4.78 is 5.28. The van der Waals surface area contributed by atoms with Gasteiger partial charge in [-0.25, -0.2) is 0 Å². The molecule has 0 aliphatic carbocycles. The summed E-state index contributed by atoms with van der Waals surface area (Å²) in [5.41, 5.74) is 0. The van der Waals surface area contributed by atoms with Crippen LogP contribution < -0.4 is 10.6 Å². The fourth-order valence-electron chi connectivity index (χ4n) is 1.31. The number of esters is 1. The average Bonchev–Trinajstić information content (AvgIpc) is 2.95. The van der Waals surface area contributed by atoms with Gasteiger partial charge in [0.15, 0.2) is 4.34 Å². The third kappa shape index (κ3) is 7.86. The molecule has 0 aromatic carbocycles. The van der Waals surface area contributed by atoms with Crippen molar-refractivity contribution >= 4 is 40.1 Å². The van der Waals surface area contributed by atoms with Gasteiger partial charge < -0.3 is 15.4 Å². The lowest BCUT2D eigenvalue weighted by Crippen LogP contribution is -2.26. The highest BCUT2D eigenvalue weighted by Gasteiger charge is 2.08. The molecule has 0 saturated carbocycles. The van der Waals surface area contributed by atoms with Crippen LogP contribution in [0.2, 0.25) is 0 Å². The molecule has 0 radical (unpaired) electrons. The molecule has 7 nitrogen and oxygen atoms in total. The number of thioether (sulfide) groups is 1. The zero-order valence-electron chi connectivity index (χ0n) is 12.2. The number of carbonyl (C=O) groups excluding carboxylic acids is 2.